The summed E-state index contributed by atoms with van der Waals surface area (Å²) in [6, 6.07) is 9.28. The number of benzene rings is 1. The van der Waals surface area contributed by atoms with E-state index in [-0.39, 0.29) is 29.2 Å². The third kappa shape index (κ3) is 5.16. The van der Waals surface area contributed by atoms with E-state index in [2.05, 4.69) is 20.6 Å². The standard InChI is InChI=1S/C23H25FN4O3/c1-13(2)21-20(10-16(23(31)28-21)15-6-4-5-7-18(15)24)27-19-8-9-25-12-17(19)22(30)26-11-14(3)29/h4-10,12-14,29H,11H2,1-3H3,(H,25,27)(H,26,30)(H,28,31)/t14-/m0/s1. The summed E-state index contributed by atoms with van der Waals surface area (Å²) in [5.74, 6) is -0.945. The molecule has 3 rings (SSSR count). The number of carbonyl (C=O) groups excluding carboxylic acids is 1. The number of aromatic nitrogens is 2. The van der Waals surface area contributed by atoms with Crippen molar-refractivity contribution in [2.24, 2.45) is 0 Å². The van der Waals surface area contributed by atoms with Gasteiger partial charge < -0.3 is 20.7 Å². The van der Waals surface area contributed by atoms with Crippen LogP contribution in [0.2, 0.25) is 0 Å². The number of anilines is 2. The Morgan fingerprint density at radius 3 is 2.58 bits per heavy atom. The molecule has 1 atom stereocenters. The molecule has 31 heavy (non-hydrogen) atoms. The van der Waals surface area contributed by atoms with Crippen LogP contribution in [0.15, 0.2) is 53.6 Å². The van der Waals surface area contributed by atoms with Crippen molar-refractivity contribution in [3.05, 3.63) is 76.2 Å². The minimum atomic E-state index is -0.688. The molecule has 0 aliphatic heterocycles. The number of nitrogens with zero attached hydrogens (tertiary/aromatic N) is 1. The van der Waals surface area contributed by atoms with Gasteiger partial charge in [-0.1, -0.05) is 32.0 Å². The number of halogens is 1. The number of pyridine rings is 2. The topological polar surface area (TPSA) is 107 Å². The van der Waals surface area contributed by atoms with E-state index >= 15 is 0 Å². The van der Waals surface area contributed by atoms with Crippen molar-refractivity contribution >= 4 is 17.3 Å². The molecule has 2 aromatic heterocycles. The number of H-pyrrole nitrogens is 1. The maximum atomic E-state index is 14.3. The van der Waals surface area contributed by atoms with Crippen molar-refractivity contribution < 1.29 is 14.3 Å². The van der Waals surface area contributed by atoms with Crippen molar-refractivity contribution in [2.45, 2.75) is 32.8 Å². The van der Waals surface area contributed by atoms with Crippen LogP contribution in [0.5, 0.6) is 0 Å². The molecule has 0 radical (unpaired) electrons. The smallest absolute Gasteiger partial charge is 0.256 e. The van der Waals surface area contributed by atoms with E-state index in [4.69, 9.17) is 0 Å². The SMILES string of the molecule is CC(C)c1[nH]c(=O)c(-c2ccccc2F)cc1Nc1ccncc1C(=O)NC[C@H](C)O. The lowest BCUT2D eigenvalue weighted by atomic mass is 10.0. The summed E-state index contributed by atoms with van der Waals surface area (Å²) in [4.78, 5) is 32.1. The second kappa shape index (κ2) is 9.53. The number of aliphatic hydroxyl groups excluding tert-OH is 1. The van der Waals surface area contributed by atoms with Crippen molar-refractivity contribution in [3.63, 3.8) is 0 Å². The Hall–Kier alpha value is -3.52. The van der Waals surface area contributed by atoms with Gasteiger partial charge in [0.25, 0.3) is 11.5 Å². The van der Waals surface area contributed by atoms with E-state index < -0.39 is 23.4 Å². The highest BCUT2D eigenvalue weighted by molar-refractivity contribution is 6.00. The zero-order chi connectivity index (χ0) is 22.5. The van der Waals surface area contributed by atoms with Gasteiger partial charge in [-0.05, 0) is 31.0 Å². The molecule has 0 fully saturated rings. The molecule has 162 valence electrons. The Kier molecular flexibility index (Phi) is 6.81. The highest BCUT2D eigenvalue weighted by Gasteiger charge is 2.18. The number of amides is 1. The Labute approximate surface area is 179 Å². The van der Waals surface area contributed by atoms with Gasteiger partial charge in [0.1, 0.15) is 5.82 Å². The Balaban J connectivity index is 2.06. The van der Waals surface area contributed by atoms with E-state index in [9.17, 15) is 19.1 Å². The zero-order valence-corrected chi connectivity index (χ0v) is 17.6. The first kappa shape index (κ1) is 22.2. The highest BCUT2D eigenvalue weighted by atomic mass is 19.1. The fourth-order valence-corrected chi connectivity index (χ4v) is 3.15. The summed E-state index contributed by atoms with van der Waals surface area (Å²) >= 11 is 0. The molecule has 3 aromatic rings. The van der Waals surface area contributed by atoms with E-state index in [0.29, 0.717) is 17.1 Å². The van der Waals surface area contributed by atoms with Crippen molar-refractivity contribution in [3.8, 4) is 11.1 Å². The second-order valence-electron chi connectivity index (χ2n) is 7.58. The molecule has 4 N–H and O–H groups in total. The summed E-state index contributed by atoms with van der Waals surface area (Å²) in [7, 11) is 0. The average molecular weight is 424 g/mol. The monoisotopic (exact) mass is 424 g/mol. The fourth-order valence-electron chi connectivity index (χ4n) is 3.15. The van der Waals surface area contributed by atoms with Crippen molar-refractivity contribution in [1.82, 2.24) is 15.3 Å². The molecule has 1 aromatic carbocycles. The molecular weight excluding hydrogens is 399 g/mol. The lowest BCUT2D eigenvalue weighted by molar-refractivity contribution is 0.0924. The van der Waals surface area contributed by atoms with Crippen LogP contribution >= 0.6 is 0 Å². The van der Waals surface area contributed by atoms with Gasteiger partial charge in [-0.2, -0.15) is 0 Å². The third-order valence-electron chi connectivity index (χ3n) is 4.71. The number of aromatic amines is 1. The van der Waals surface area contributed by atoms with Crippen LogP contribution in [-0.4, -0.2) is 33.6 Å². The van der Waals surface area contributed by atoms with Gasteiger partial charge in [-0.3, -0.25) is 14.6 Å². The van der Waals surface area contributed by atoms with Gasteiger partial charge in [0.05, 0.1) is 28.6 Å². The van der Waals surface area contributed by atoms with Gasteiger partial charge in [0, 0.05) is 30.2 Å². The highest BCUT2D eigenvalue weighted by Crippen LogP contribution is 2.30. The maximum absolute atomic E-state index is 14.3. The van der Waals surface area contributed by atoms with Crippen LogP contribution in [0.1, 0.15) is 42.7 Å². The predicted molar refractivity (Wildman–Crippen MR) is 118 cm³/mol. The molecular formula is C23H25FN4O3. The predicted octanol–water partition coefficient (Wildman–Crippen LogP) is 3.55. The minimum Gasteiger partial charge on any atom is -0.392 e. The number of nitrogens with one attached hydrogen (secondary N) is 3. The van der Waals surface area contributed by atoms with Gasteiger partial charge in [-0.25, -0.2) is 4.39 Å². The van der Waals surface area contributed by atoms with E-state index in [1.54, 1.807) is 37.3 Å². The number of aliphatic hydroxyl groups is 1. The first-order valence-corrected chi connectivity index (χ1v) is 9.97. The first-order chi connectivity index (χ1) is 14.8. The van der Waals surface area contributed by atoms with Crippen LogP contribution in [-0.2, 0) is 0 Å². The summed E-state index contributed by atoms with van der Waals surface area (Å²) < 4.78 is 14.3. The number of hydrogen-bond acceptors (Lipinski definition) is 5. The Morgan fingerprint density at radius 2 is 1.90 bits per heavy atom. The molecule has 0 unspecified atom stereocenters. The van der Waals surface area contributed by atoms with E-state index in [0.717, 1.165) is 0 Å². The largest absolute Gasteiger partial charge is 0.392 e. The quantitative estimate of drug-likeness (QED) is 0.464. The Morgan fingerprint density at radius 1 is 1.16 bits per heavy atom. The molecule has 0 aliphatic carbocycles. The molecule has 0 saturated carbocycles. The van der Waals surface area contributed by atoms with Gasteiger partial charge >= 0.3 is 0 Å². The molecule has 1 amide bonds. The van der Waals surface area contributed by atoms with Gasteiger partial charge in [0.2, 0.25) is 0 Å². The number of carbonyl (C=O) groups is 1. The van der Waals surface area contributed by atoms with Crippen LogP contribution in [0, 0.1) is 5.82 Å². The zero-order valence-electron chi connectivity index (χ0n) is 17.6. The molecule has 0 spiro atoms. The van der Waals surface area contributed by atoms with Crippen LogP contribution in [0.4, 0.5) is 15.8 Å². The summed E-state index contributed by atoms with van der Waals surface area (Å²) in [5.41, 5.74) is 1.87. The first-order valence-electron chi connectivity index (χ1n) is 9.97. The molecule has 0 saturated heterocycles. The molecule has 2 heterocycles. The van der Waals surface area contributed by atoms with E-state index in [1.807, 2.05) is 13.8 Å². The normalized spacial score (nSPS) is 11.9. The molecule has 7 nitrogen and oxygen atoms in total. The summed E-state index contributed by atoms with van der Waals surface area (Å²) in [6.45, 7) is 5.51. The maximum Gasteiger partial charge on any atom is 0.256 e. The molecule has 0 aliphatic rings. The number of rotatable bonds is 7. The number of hydrogen-bond donors (Lipinski definition) is 4. The minimum absolute atomic E-state index is 0.0424. The van der Waals surface area contributed by atoms with E-state index in [1.165, 1.54) is 18.5 Å². The van der Waals surface area contributed by atoms with Crippen LogP contribution in [0.3, 0.4) is 0 Å². The van der Waals surface area contributed by atoms with Gasteiger partial charge in [-0.15, -0.1) is 0 Å². The summed E-state index contributed by atoms with van der Waals surface area (Å²) in [6.07, 6.45) is 2.26. The lowest BCUT2D eigenvalue weighted by Crippen LogP contribution is -2.31. The fraction of sp³-hybridized carbons (Fsp3) is 0.261. The van der Waals surface area contributed by atoms with Crippen molar-refractivity contribution in [1.29, 1.82) is 0 Å². The summed E-state index contributed by atoms with van der Waals surface area (Å²) in [5, 5.41) is 15.3. The van der Waals surface area contributed by atoms with Crippen LogP contribution < -0.4 is 16.2 Å². The Bertz CT molecular complexity index is 1140. The molecule has 8 heteroatoms. The molecule has 0 bridgehead atoms. The van der Waals surface area contributed by atoms with Crippen molar-refractivity contribution in [2.75, 3.05) is 11.9 Å². The lowest BCUT2D eigenvalue weighted by Gasteiger charge is -2.18. The third-order valence-corrected chi connectivity index (χ3v) is 4.71. The van der Waals surface area contributed by atoms with Gasteiger partial charge in [0.15, 0.2) is 0 Å². The van der Waals surface area contributed by atoms with Crippen LogP contribution in [0.25, 0.3) is 11.1 Å². The second-order valence-corrected chi connectivity index (χ2v) is 7.58. The average Bonchev–Trinajstić information content (AvgIpc) is 2.73.